The number of aryl methyl sites for hydroxylation is 2. The maximum absolute atomic E-state index is 15.4. The summed E-state index contributed by atoms with van der Waals surface area (Å²) in [5.41, 5.74) is 4.30. The van der Waals surface area contributed by atoms with Crippen molar-refractivity contribution in [3.8, 4) is 23.4 Å². The van der Waals surface area contributed by atoms with E-state index in [1.54, 1.807) is 78.4 Å². The van der Waals surface area contributed by atoms with E-state index >= 15 is 9.18 Å². The van der Waals surface area contributed by atoms with Gasteiger partial charge >= 0.3 is 11.4 Å². The molecule has 64 heavy (non-hydrogen) atoms. The van der Waals surface area contributed by atoms with Crippen LogP contribution >= 0.6 is 0 Å². The molecule has 1 aliphatic carbocycles. The van der Waals surface area contributed by atoms with Crippen molar-refractivity contribution < 1.29 is 22.7 Å². The average molecular weight is 885 g/mol. The van der Waals surface area contributed by atoms with Crippen molar-refractivity contribution >= 4 is 26.5 Å². The molecule has 18 heteroatoms. The lowest BCUT2D eigenvalue weighted by Crippen LogP contribution is -2.41. The minimum atomic E-state index is -2.96. The van der Waals surface area contributed by atoms with Gasteiger partial charge in [0.2, 0.25) is 6.19 Å². The highest BCUT2D eigenvalue weighted by atomic mass is 32.2. The molecule has 0 unspecified atom stereocenters. The Labute approximate surface area is 366 Å². The average Bonchev–Trinajstić information content (AvgIpc) is 3.78. The number of rotatable bonds is 8. The number of hydrogen-bond donors (Lipinski definition) is 1. The lowest BCUT2D eigenvalue weighted by Gasteiger charge is -2.34. The summed E-state index contributed by atoms with van der Waals surface area (Å²) in [6, 6.07) is 17.4. The molecule has 3 aliphatic rings. The number of halogens is 1. The molecule has 1 saturated carbocycles. The van der Waals surface area contributed by atoms with Crippen LogP contribution in [0.25, 0.3) is 28.1 Å². The van der Waals surface area contributed by atoms with Gasteiger partial charge in [-0.3, -0.25) is 23.4 Å². The highest BCUT2D eigenvalue weighted by Crippen LogP contribution is 2.56. The smallest absolute Gasteiger partial charge is 0.381 e. The van der Waals surface area contributed by atoms with E-state index in [4.69, 9.17) is 19.6 Å². The maximum atomic E-state index is 15.4. The van der Waals surface area contributed by atoms with Gasteiger partial charge in [-0.2, -0.15) is 10.4 Å². The molecule has 10 rings (SSSR count). The van der Waals surface area contributed by atoms with Crippen molar-refractivity contribution in [1.29, 1.82) is 5.26 Å². The Bertz CT molecular complexity index is 3310. The third-order valence-corrected chi connectivity index (χ3v) is 15.0. The number of carbonyl (C=O) groups excluding carboxylic acids is 1. The zero-order valence-corrected chi connectivity index (χ0v) is 36.7. The third-order valence-electron chi connectivity index (χ3n) is 13.4. The van der Waals surface area contributed by atoms with Crippen LogP contribution in [0, 0.1) is 37.0 Å². The van der Waals surface area contributed by atoms with Gasteiger partial charge < -0.3 is 14.2 Å². The van der Waals surface area contributed by atoms with Crippen LogP contribution in [0.5, 0.6) is 0 Å². The number of ether oxygens (including phenoxy) is 1. The molecule has 1 saturated heterocycles. The molecule has 1 amide bonds. The van der Waals surface area contributed by atoms with Crippen molar-refractivity contribution in [3.05, 3.63) is 139 Å². The standard InChI is InChI=1S/C46H45FN10O6S/c1-26-20-34(21-27(2)40(26)47)57-41(55-17-16-54(45(55)60)33-7-9-35(10-8-33)64(5,61)49-25-48)39-29(4)53(15-12-36(39)51-57)42(58)38-23-32-22-31(30-13-18-62-19-14-30)6-11-37(32)56(38)46(24-28(46)3)43-50-44(59)63-52-43/h6-11,16-17,20-23,28-30H,12-15,18-19,24H2,1-5H3,(H,50,52,59)/t28-,29-,46-,64+/m0/s1. The van der Waals surface area contributed by atoms with E-state index in [2.05, 4.69) is 39.6 Å². The van der Waals surface area contributed by atoms with E-state index in [1.165, 1.54) is 21.0 Å². The number of fused-ring (bicyclic) bond motifs is 2. The fraction of sp³-hybridized carbons (Fsp3) is 0.348. The van der Waals surface area contributed by atoms with Crippen LogP contribution in [-0.4, -0.2) is 74.7 Å². The normalized spacial score (nSPS) is 20.8. The predicted molar refractivity (Wildman–Crippen MR) is 234 cm³/mol. The molecule has 1 N–H and O–H groups in total. The summed E-state index contributed by atoms with van der Waals surface area (Å²) < 4.78 is 48.9. The SMILES string of the molecule is Cc1cc(-n2nc3c(c2-n2ccn(-c4ccc([S@@](C)(=O)=NC#N)cc4)c2=O)[C@H](C)N(C(=O)c2cc4cc(C5CCOCC5)ccc4n2[C@@]2(c4noc(=O)[nH]4)C[C@@H]2C)CC3)cc(C)c1F. The Morgan fingerprint density at radius 3 is 2.36 bits per heavy atom. The highest BCUT2D eigenvalue weighted by Gasteiger charge is 2.59. The van der Waals surface area contributed by atoms with Crippen LogP contribution in [0.15, 0.2) is 96.4 Å². The topological polar surface area (TPSA) is 191 Å². The summed E-state index contributed by atoms with van der Waals surface area (Å²) in [6.45, 7) is 9.02. The molecule has 0 spiro atoms. The first-order chi connectivity index (χ1) is 30.7. The summed E-state index contributed by atoms with van der Waals surface area (Å²) in [6.07, 6.45) is 9.00. The highest BCUT2D eigenvalue weighted by molar-refractivity contribution is 7.93. The molecule has 4 atom stereocenters. The monoisotopic (exact) mass is 884 g/mol. The van der Waals surface area contributed by atoms with Crippen LogP contribution in [0.2, 0.25) is 0 Å². The predicted octanol–water partition coefficient (Wildman–Crippen LogP) is 6.58. The minimum absolute atomic E-state index is 0.00846. The molecule has 6 heterocycles. The zero-order valence-electron chi connectivity index (χ0n) is 35.9. The number of H-pyrrole nitrogens is 1. The number of aromatic amines is 1. The number of carbonyl (C=O) groups is 1. The number of nitrogens with zero attached hydrogens (tertiary/aromatic N) is 9. The Morgan fingerprint density at radius 2 is 1.70 bits per heavy atom. The zero-order chi connectivity index (χ0) is 44.8. The number of nitrogens with one attached hydrogen (secondary N) is 1. The van der Waals surface area contributed by atoms with Gasteiger partial charge in [0, 0.05) is 66.2 Å². The summed E-state index contributed by atoms with van der Waals surface area (Å²) in [5.74, 6) is -0.190. The number of hydrogen-bond acceptors (Lipinski definition) is 10. The van der Waals surface area contributed by atoms with E-state index in [0.29, 0.717) is 94.5 Å². The number of benzene rings is 3. The largest absolute Gasteiger partial charge is 0.438 e. The van der Waals surface area contributed by atoms with Gasteiger partial charge in [-0.25, -0.2) is 22.9 Å². The van der Waals surface area contributed by atoms with E-state index < -0.39 is 32.8 Å². The van der Waals surface area contributed by atoms with Crippen LogP contribution in [0.3, 0.4) is 0 Å². The lowest BCUT2D eigenvalue weighted by atomic mass is 9.91. The van der Waals surface area contributed by atoms with Gasteiger partial charge in [0.15, 0.2) is 5.82 Å². The van der Waals surface area contributed by atoms with E-state index in [0.717, 1.165) is 23.7 Å². The summed E-state index contributed by atoms with van der Waals surface area (Å²) in [7, 11) is -2.96. The molecule has 3 aromatic carbocycles. The molecular weight excluding hydrogens is 840 g/mol. The summed E-state index contributed by atoms with van der Waals surface area (Å²) in [4.78, 5) is 47.4. The van der Waals surface area contributed by atoms with Crippen molar-refractivity contribution in [2.24, 2.45) is 10.3 Å². The van der Waals surface area contributed by atoms with Gasteiger partial charge in [-0.05, 0) is 123 Å². The molecule has 0 radical (unpaired) electrons. The fourth-order valence-corrected chi connectivity index (χ4v) is 10.8. The first-order valence-electron chi connectivity index (χ1n) is 21.2. The summed E-state index contributed by atoms with van der Waals surface area (Å²) >= 11 is 0. The minimum Gasteiger partial charge on any atom is -0.381 e. The van der Waals surface area contributed by atoms with Gasteiger partial charge in [0.05, 0.1) is 32.8 Å². The maximum Gasteiger partial charge on any atom is 0.438 e. The van der Waals surface area contributed by atoms with Crippen LogP contribution in [0.1, 0.15) is 89.3 Å². The second-order valence-electron chi connectivity index (χ2n) is 17.3. The quantitative estimate of drug-likeness (QED) is 0.164. The first-order valence-corrected chi connectivity index (χ1v) is 23.1. The van der Waals surface area contributed by atoms with Gasteiger partial charge in [-0.1, -0.05) is 18.1 Å². The molecule has 2 aliphatic heterocycles. The van der Waals surface area contributed by atoms with E-state index in [1.807, 2.05) is 17.6 Å². The molecule has 328 valence electrons. The van der Waals surface area contributed by atoms with Crippen molar-refractivity contribution in [3.63, 3.8) is 0 Å². The van der Waals surface area contributed by atoms with Gasteiger partial charge in [0.25, 0.3) is 5.91 Å². The van der Waals surface area contributed by atoms with Crippen LogP contribution < -0.4 is 11.4 Å². The summed E-state index contributed by atoms with van der Waals surface area (Å²) in [5, 5.41) is 19.2. The van der Waals surface area contributed by atoms with E-state index in [9.17, 15) is 13.8 Å². The van der Waals surface area contributed by atoms with Crippen molar-refractivity contribution in [2.75, 3.05) is 26.0 Å². The van der Waals surface area contributed by atoms with Crippen molar-refractivity contribution in [1.82, 2.24) is 38.5 Å². The molecule has 4 aromatic heterocycles. The Kier molecular flexibility index (Phi) is 9.76. The molecular formula is C46H45FN10O6S. The number of amides is 1. The Hall–Kier alpha value is -6.84. The van der Waals surface area contributed by atoms with Crippen molar-refractivity contribution in [2.45, 2.75) is 75.8 Å². The fourth-order valence-electron chi connectivity index (χ4n) is 9.94. The second-order valence-corrected chi connectivity index (χ2v) is 19.5. The van der Waals surface area contributed by atoms with Crippen LogP contribution in [0.4, 0.5) is 4.39 Å². The third kappa shape index (κ3) is 6.47. The molecule has 7 aromatic rings. The van der Waals surface area contributed by atoms with Gasteiger partial charge in [0.1, 0.15) is 22.9 Å². The number of imidazole rings is 1. The lowest BCUT2D eigenvalue weighted by molar-refractivity contribution is 0.0663. The number of nitriles is 1. The molecule has 16 nitrogen and oxygen atoms in total. The Balaban J connectivity index is 1.11. The Morgan fingerprint density at radius 1 is 1.00 bits per heavy atom. The van der Waals surface area contributed by atoms with Crippen LogP contribution in [-0.2, 0) is 26.4 Å². The first kappa shape index (κ1) is 41.2. The number of aromatic nitrogens is 7. The second kappa shape index (κ2) is 15.2. The molecule has 0 bridgehead atoms. The van der Waals surface area contributed by atoms with Gasteiger partial charge in [-0.15, -0.1) is 4.36 Å². The van der Waals surface area contributed by atoms with E-state index in [-0.39, 0.29) is 17.6 Å². The molecule has 2 fully saturated rings.